The summed E-state index contributed by atoms with van der Waals surface area (Å²) in [5.74, 6) is -16.0. The van der Waals surface area contributed by atoms with Crippen molar-refractivity contribution < 1.29 is 44.3 Å². The van der Waals surface area contributed by atoms with Gasteiger partial charge in [-0.1, -0.05) is 72.8 Å². The van der Waals surface area contributed by atoms with Gasteiger partial charge >= 0.3 is 17.8 Å². The predicted octanol–water partition coefficient (Wildman–Crippen LogP) is 17.6. The quantitative estimate of drug-likeness (QED) is 0.0322. The molecule has 0 N–H and O–H groups in total. The summed E-state index contributed by atoms with van der Waals surface area (Å²) < 4.78 is 104. The third-order valence-electron chi connectivity index (χ3n) is 17.9. The van der Waals surface area contributed by atoms with Crippen molar-refractivity contribution in [3.05, 3.63) is 140 Å². The second-order valence-corrected chi connectivity index (χ2v) is 30.8. The summed E-state index contributed by atoms with van der Waals surface area (Å²) in [4.78, 5) is 1.72. The molecule has 436 valence electrons. The lowest BCUT2D eigenvalue weighted by Crippen LogP contribution is -2.48. The van der Waals surface area contributed by atoms with Gasteiger partial charge in [0.2, 0.25) is 0 Å². The highest BCUT2D eigenvalue weighted by Crippen LogP contribution is 2.67. The molecule has 4 nitrogen and oxygen atoms in total. The number of fused-ring (bicyclic) bond motifs is 6. The zero-order valence-electron chi connectivity index (χ0n) is 50.9. The van der Waals surface area contributed by atoms with Gasteiger partial charge in [-0.2, -0.15) is 26.3 Å². The Morgan fingerprint density at radius 2 is 0.642 bits per heavy atom. The first-order chi connectivity index (χ1) is 37.7. The van der Waals surface area contributed by atoms with Gasteiger partial charge in [0.1, 0.15) is 0 Å². The van der Waals surface area contributed by atoms with Crippen molar-refractivity contribution in [1.82, 2.24) is 0 Å². The lowest BCUT2D eigenvalue weighted by molar-refractivity contribution is -0.870. The number of hydrogen-bond acceptors (Lipinski definition) is 2. The highest BCUT2D eigenvalue weighted by molar-refractivity contribution is 7.16. The first-order valence-corrected chi connectivity index (χ1v) is 31.2. The van der Waals surface area contributed by atoms with Crippen molar-refractivity contribution in [2.24, 2.45) is 0 Å². The van der Waals surface area contributed by atoms with E-state index in [4.69, 9.17) is 0 Å². The fourth-order valence-electron chi connectivity index (χ4n) is 13.8. The van der Waals surface area contributed by atoms with Gasteiger partial charge in [0.15, 0.2) is 0 Å². The molecule has 0 atom stereocenters. The average Bonchev–Trinajstić information content (AvgIpc) is 3.84. The molecule has 9 rings (SSSR count). The van der Waals surface area contributed by atoms with Crippen molar-refractivity contribution >= 4 is 33.8 Å². The zero-order valence-corrected chi connectivity index (χ0v) is 52.6. The minimum atomic E-state index is -5.68. The zero-order chi connectivity index (χ0) is 58.9. The Bertz CT molecular complexity index is 3040. The molecule has 0 amide bonds. The maximum Gasteiger partial charge on any atom is 0.380 e. The van der Waals surface area contributed by atoms with Gasteiger partial charge in [-0.05, 0) is 182 Å². The number of nitrogens with zero attached hydrogens (tertiary/aromatic N) is 4. The number of alkyl halides is 6. The Balaban J connectivity index is 1.13. The maximum absolute atomic E-state index is 16.9. The molecule has 0 aliphatic heterocycles. The van der Waals surface area contributed by atoms with Crippen LogP contribution in [0.5, 0.6) is 0 Å². The van der Waals surface area contributed by atoms with E-state index in [1.807, 2.05) is 12.1 Å². The van der Waals surface area contributed by atoms with Crippen molar-refractivity contribution in [2.75, 3.05) is 111 Å². The lowest BCUT2D eigenvalue weighted by atomic mass is 9.70. The SMILES string of the molecule is Cc1sc(-c2ccc3c(c2)C(CCCC[N+](C)(C)C)(CCCC[N+](C)(C)C)c2ccccc2-3)cc1C1=C(c2cc(-c3ccc4c(c3)C(CCCC[N+](C)(C)C)(CCCC[N+](C)(C)C)c3ccccc3-4)sc2C)C(F)(F)C(F)(F)C1(F)F. The number of hydrogen-bond donors (Lipinski definition) is 0. The van der Waals surface area contributed by atoms with E-state index in [2.05, 4.69) is 157 Å². The fourth-order valence-corrected chi connectivity index (χ4v) is 15.8. The Hall–Kier alpha value is -4.56. The minimum Gasteiger partial charge on any atom is -0.331 e. The maximum atomic E-state index is 16.9. The van der Waals surface area contributed by atoms with Crippen LogP contribution in [0.15, 0.2) is 97.1 Å². The van der Waals surface area contributed by atoms with Crippen LogP contribution >= 0.6 is 22.7 Å². The molecule has 0 unspecified atom stereocenters. The number of rotatable bonds is 24. The summed E-state index contributed by atoms with van der Waals surface area (Å²) in [6.07, 6.45) is 12.0. The molecule has 4 aromatic carbocycles. The predicted molar refractivity (Wildman–Crippen MR) is 330 cm³/mol. The molecule has 0 spiro atoms. The monoisotopic (exact) mass is 1150 g/mol. The highest BCUT2D eigenvalue weighted by Gasteiger charge is 2.80. The minimum absolute atomic E-state index is 0.259. The average molecular weight is 1150 g/mol. The summed E-state index contributed by atoms with van der Waals surface area (Å²) in [7, 11) is 26.6. The number of thiophene rings is 2. The molecule has 0 radical (unpaired) electrons. The number of benzene rings is 4. The van der Waals surface area contributed by atoms with Crippen LogP contribution in [0.2, 0.25) is 0 Å². The summed E-state index contributed by atoms with van der Waals surface area (Å²) in [6.45, 7) is 7.34. The van der Waals surface area contributed by atoms with Crippen molar-refractivity contribution in [3.63, 3.8) is 0 Å². The van der Waals surface area contributed by atoms with E-state index in [0.717, 1.165) is 143 Å². The second kappa shape index (κ2) is 22.1. The molecule has 6 aromatic rings. The summed E-state index contributed by atoms with van der Waals surface area (Å²) in [5, 5.41) is 0. The molecule has 0 saturated heterocycles. The van der Waals surface area contributed by atoms with E-state index in [9.17, 15) is 0 Å². The Kier molecular flexibility index (Phi) is 16.7. The van der Waals surface area contributed by atoms with Gasteiger partial charge in [0.05, 0.1) is 111 Å². The van der Waals surface area contributed by atoms with Gasteiger partial charge < -0.3 is 17.9 Å². The summed E-state index contributed by atoms with van der Waals surface area (Å²) in [6, 6.07) is 32.8. The fraction of sp³-hybridized carbons (Fsp3) is 0.507. The number of allylic oxidation sites excluding steroid dienone is 2. The first-order valence-electron chi connectivity index (χ1n) is 29.5. The smallest absolute Gasteiger partial charge is 0.331 e. The van der Waals surface area contributed by atoms with Gasteiger partial charge in [0, 0.05) is 41.5 Å². The van der Waals surface area contributed by atoms with Gasteiger partial charge in [-0.15, -0.1) is 22.7 Å². The molecule has 2 heterocycles. The van der Waals surface area contributed by atoms with E-state index in [0.29, 0.717) is 9.75 Å². The topological polar surface area (TPSA) is 0 Å². The Morgan fingerprint density at radius 1 is 0.346 bits per heavy atom. The van der Waals surface area contributed by atoms with E-state index in [1.54, 1.807) is 13.8 Å². The Morgan fingerprint density at radius 3 is 0.951 bits per heavy atom. The summed E-state index contributed by atoms with van der Waals surface area (Å²) >= 11 is 2.40. The molecule has 3 aliphatic carbocycles. The molecular weight excluding hydrogens is 1060 g/mol. The van der Waals surface area contributed by atoms with Gasteiger partial charge in [-0.25, -0.2) is 0 Å². The number of quaternary nitrogens is 4. The van der Waals surface area contributed by atoms with Crippen molar-refractivity contribution in [1.29, 1.82) is 0 Å². The van der Waals surface area contributed by atoms with E-state index in [1.165, 1.54) is 68.2 Å². The van der Waals surface area contributed by atoms with Crippen LogP contribution in [0, 0.1) is 13.8 Å². The lowest BCUT2D eigenvalue weighted by Gasteiger charge is -2.34. The largest absolute Gasteiger partial charge is 0.380 e. The molecule has 3 aliphatic rings. The van der Waals surface area contributed by atoms with E-state index < -0.39 is 28.9 Å². The van der Waals surface area contributed by atoms with Crippen LogP contribution in [-0.2, 0) is 10.8 Å². The normalized spacial score (nSPS) is 17.6. The Labute approximate surface area is 489 Å². The molecule has 2 aromatic heterocycles. The molecule has 12 heteroatoms. The third-order valence-corrected chi connectivity index (χ3v) is 20.1. The van der Waals surface area contributed by atoms with Crippen molar-refractivity contribution in [2.45, 2.75) is 119 Å². The standard InChI is InChI=1S/C69H90F6N4S2/c1-47-55(45-61(80-47)49-31-33-53-51-27-15-17-29-57(51)65(59(53)43-49,35-19-23-39-76(3,4)5)36-20-24-40-77(6,7)8)63-64(68(72,73)69(74,75)67(63,70)71)56-46-62(81-48(56)2)50-32-34-54-52-28-16-18-30-58(52)66(60(54)44-50,37-21-25-41-78(9,10)11)38-22-26-42-79(12,13)14/h15-18,27-34,43-46H,19-26,35-42H2,1-14H3/q+4. The second-order valence-electron chi connectivity index (χ2n) is 28.3. The molecule has 0 bridgehead atoms. The molecule has 81 heavy (non-hydrogen) atoms. The van der Waals surface area contributed by atoms with E-state index >= 15 is 26.3 Å². The number of aryl methyl sites for hydroxylation is 2. The van der Waals surface area contributed by atoms with Gasteiger partial charge in [0.25, 0.3) is 0 Å². The molecule has 0 fully saturated rings. The van der Waals surface area contributed by atoms with Crippen LogP contribution < -0.4 is 0 Å². The first kappa shape index (κ1) is 61.0. The highest BCUT2D eigenvalue weighted by atomic mass is 32.1. The van der Waals surface area contributed by atoms with Gasteiger partial charge in [-0.3, -0.25) is 0 Å². The van der Waals surface area contributed by atoms with Crippen LogP contribution in [0.4, 0.5) is 26.3 Å². The number of unbranched alkanes of at least 4 members (excludes halogenated alkanes) is 4. The molecule has 0 saturated carbocycles. The van der Waals surface area contributed by atoms with Crippen LogP contribution in [-0.4, -0.2) is 146 Å². The van der Waals surface area contributed by atoms with Crippen LogP contribution in [0.25, 0.3) is 54.3 Å². The van der Waals surface area contributed by atoms with E-state index in [-0.39, 0.29) is 31.7 Å². The third kappa shape index (κ3) is 11.8. The molecular formula is C69H90F6N4S2+4. The number of halogens is 6. The van der Waals surface area contributed by atoms with Crippen molar-refractivity contribution in [3.8, 4) is 43.1 Å². The van der Waals surface area contributed by atoms with Crippen LogP contribution in [0.1, 0.15) is 120 Å². The summed E-state index contributed by atoms with van der Waals surface area (Å²) in [5.41, 5.74) is 7.45. The van der Waals surface area contributed by atoms with Crippen LogP contribution in [0.3, 0.4) is 0 Å².